The number of sulfonamides is 1. The molecular formula is C24H24N4O5S. The van der Waals surface area contributed by atoms with Gasteiger partial charge in [-0.25, -0.2) is 8.42 Å². The van der Waals surface area contributed by atoms with Crippen molar-refractivity contribution in [2.45, 2.75) is 25.7 Å². The number of benzene rings is 2. The van der Waals surface area contributed by atoms with Crippen LogP contribution in [-0.4, -0.2) is 37.5 Å². The van der Waals surface area contributed by atoms with Gasteiger partial charge in [0.05, 0.1) is 18.5 Å². The Labute approximate surface area is 197 Å². The van der Waals surface area contributed by atoms with Crippen LogP contribution in [0.5, 0.6) is 5.75 Å². The lowest BCUT2D eigenvalue weighted by Crippen LogP contribution is -2.27. The van der Waals surface area contributed by atoms with Gasteiger partial charge in [0.1, 0.15) is 22.0 Å². The number of anilines is 1. The van der Waals surface area contributed by atoms with Crippen molar-refractivity contribution in [2.75, 3.05) is 18.5 Å². The fourth-order valence-electron chi connectivity index (χ4n) is 3.65. The summed E-state index contributed by atoms with van der Waals surface area (Å²) in [5.74, 6) is 0.643. The van der Waals surface area contributed by atoms with Gasteiger partial charge in [-0.1, -0.05) is 17.3 Å². The molecule has 176 valence electrons. The van der Waals surface area contributed by atoms with Gasteiger partial charge >= 0.3 is 0 Å². The van der Waals surface area contributed by atoms with E-state index in [1.807, 2.05) is 13.0 Å². The molecule has 10 heteroatoms. The molecule has 0 spiro atoms. The number of hydrogen-bond acceptors (Lipinski definition) is 7. The molecule has 0 unspecified atom stereocenters. The molecule has 0 aliphatic carbocycles. The van der Waals surface area contributed by atoms with Gasteiger partial charge in [0.2, 0.25) is 0 Å². The summed E-state index contributed by atoms with van der Waals surface area (Å²) in [6.45, 7) is 5.30. The summed E-state index contributed by atoms with van der Waals surface area (Å²) in [4.78, 5) is 12.5. The molecule has 0 N–H and O–H groups in total. The van der Waals surface area contributed by atoms with Crippen molar-refractivity contribution < 1.29 is 17.7 Å². The molecule has 0 radical (unpaired) electrons. The summed E-state index contributed by atoms with van der Waals surface area (Å²) in [7, 11) is -1.06. The van der Waals surface area contributed by atoms with Crippen LogP contribution in [0.2, 0.25) is 0 Å². The van der Waals surface area contributed by atoms with Crippen LogP contribution in [0.4, 0.5) is 5.69 Å². The highest BCUT2D eigenvalue weighted by atomic mass is 32.2. The lowest BCUT2D eigenvalue weighted by molar-refractivity contribution is 0.392. The zero-order valence-electron chi connectivity index (χ0n) is 19.4. The van der Waals surface area contributed by atoms with E-state index in [4.69, 9.17) is 9.26 Å². The van der Waals surface area contributed by atoms with Gasteiger partial charge in [-0.05, 0) is 62.7 Å². The Morgan fingerprint density at radius 2 is 1.79 bits per heavy atom. The Bertz CT molecular complexity index is 1520. The van der Waals surface area contributed by atoms with E-state index >= 15 is 0 Å². The number of nitrogens with zero attached hydrogens (tertiary/aromatic N) is 4. The molecule has 2 heterocycles. The van der Waals surface area contributed by atoms with Crippen LogP contribution >= 0.6 is 0 Å². The highest BCUT2D eigenvalue weighted by molar-refractivity contribution is 7.93. The molecule has 0 saturated heterocycles. The van der Waals surface area contributed by atoms with Crippen LogP contribution in [-0.2, 0) is 10.0 Å². The Kier molecular flexibility index (Phi) is 6.01. The molecule has 2 aromatic heterocycles. The maximum Gasteiger partial charge on any atom is 0.271 e. The minimum atomic E-state index is -3.97. The summed E-state index contributed by atoms with van der Waals surface area (Å²) in [6, 6.07) is 14.9. The third-order valence-corrected chi connectivity index (χ3v) is 7.28. The molecule has 0 fully saturated rings. The third kappa shape index (κ3) is 4.08. The molecule has 0 amide bonds. The monoisotopic (exact) mass is 480 g/mol. The lowest BCUT2D eigenvalue weighted by Gasteiger charge is -2.21. The Morgan fingerprint density at radius 3 is 2.44 bits per heavy atom. The number of rotatable bonds is 6. The van der Waals surface area contributed by atoms with Crippen LogP contribution in [0, 0.1) is 20.8 Å². The topological polar surface area (TPSA) is 108 Å². The Morgan fingerprint density at radius 1 is 1.03 bits per heavy atom. The molecular weight excluding hydrogens is 456 g/mol. The van der Waals surface area contributed by atoms with Crippen molar-refractivity contribution in [2.24, 2.45) is 0 Å². The van der Waals surface area contributed by atoms with Crippen LogP contribution in [0.25, 0.3) is 16.9 Å². The van der Waals surface area contributed by atoms with Crippen LogP contribution < -0.4 is 14.6 Å². The van der Waals surface area contributed by atoms with Crippen molar-refractivity contribution in [1.29, 1.82) is 0 Å². The summed E-state index contributed by atoms with van der Waals surface area (Å²) in [5, 5.41) is 8.34. The lowest BCUT2D eigenvalue weighted by atomic mass is 10.1. The average molecular weight is 481 g/mol. The summed E-state index contributed by atoms with van der Waals surface area (Å²) in [6.07, 6.45) is 0. The molecule has 0 saturated carbocycles. The largest absolute Gasteiger partial charge is 0.495 e. The van der Waals surface area contributed by atoms with Crippen molar-refractivity contribution in [1.82, 2.24) is 14.9 Å². The molecule has 4 rings (SSSR count). The molecule has 0 aliphatic rings. The molecule has 4 aromatic rings. The summed E-state index contributed by atoms with van der Waals surface area (Å²) < 4.78 is 40.1. The SMILES string of the molecule is COc1ccc(-c2ccc(=O)n(-c3c(C)noc3C)n2)cc1S(=O)(=O)N(C)c1cccc(C)c1. The first kappa shape index (κ1) is 23.2. The Balaban J connectivity index is 1.84. The van der Waals surface area contributed by atoms with Crippen LogP contribution in [0.3, 0.4) is 0 Å². The number of hydrogen-bond donors (Lipinski definition) is 0. The number of ether oxygens (including phenoxy) is 1. The fraction of sp³-hybridized carbons (Fsp3) is 0.208. The van der Waals surface area contributed by atoms with E-state index in [1.54, 1.807) is 50.2 Å². The number of aryl methyl sites for hydroxylation is 3. The van der Waals surface area contributed by atoms with Gasteiger partial charge in [0, 0.05) is 18.7 Å². The third-order valence-electron chi connectivity index (χ3n) is 5.47. The van der Waals surface area contributed by atoms with Gasteiger partial charge in [-0.3, -0.25) is 9.10 Å². The fourth-order valence-corrected chi connectivity index (χ4v) is 5.02. The van der Waals surface area contributed by atoms with E-state index in [0.29, 0.717) is 34.1 Å². The molecule has 0 bridgehead atoms. The van der Waals surface area contributed by atoms with Crippen molar-refractivity contribution in [3.05, 3.63) is 82.0 Å². The zero-order chi connectivity index (χ0) is 24.6. The van der Waals surface area contributed by atoms with Gasteiger partial charge in [0.15, 0.2) is 5.76 Å². The number of aromatic nitrogens is 3. The predicted octanol–water partition coefficient (Wildman–Crippen LogP) is 3.65. The van der Waals surface area contributed by atoms with Gasteiger partial charge in [0.25, 0.3) is 15.6 Å². The van der Waals surface area contributed by atoms with Crippen molar-refractivity contribution in [3.8, 4) is 22.7 Å². The van der Waals surface area contributed by atoms with E-state index in [1.165, 1.54) is 35.3 Å². The Hall–Kier alpha value is -3.92. The highest BCUT2D eigenvalue weighted by Crippen LogP contribution is 2.33. The smallest absolute Gasteiger partial charge is 0.271 e. The second-order valence-corrected chi connectivity index (χ2v) is 9.76. The first-order chi connectivity index (χ1) is 16.1. The maximum atomic E-state index is 13.6. The second kappa shape index (κ2) is 8.79. The standard InChI is InChI=1S/C24H24N4O5S/c1-15-7-6-8-19(13-15)27(4)34(30,31)22-14-18(9-11-21(22)32-5)20-10-12-23(29)28(25-20)24-16(2)26-33-17(24)3/h6-14H,1-5H3. The van der Waals surface area contributed by atoms with Gasteiger partial charge < -0.3 is 9.26 Å². The molecule has 0 aliphatic heterocycles. The number of methoxy groups -OCH3 is 1. The quantitative estimate of drug-likeness (QED) is 0.415. The van der Waals surface area contributed by atoms with Crippen molar-refractivity contribution >= 4 is 15.7 Å². The summed E-state index contributed by atoms with van der Waals surface area (Å²) in [5.41, 5.74) is 2.96. The molecule has 2 aromatic carbocycles. The molecule has 34 heavy (non-hydrogen) atoms. The zero-order valence-corrected chi connectivity index (χ0v) is 20.3. The summed E-state index contributed by atoms with van der Waals surface area (Å²) >= 11 is 0. The predicted molar refractivity (Wildman–Crippen MR) is 128 cm³/mol. The molecule has 9 nitrogen and oxygen atoms in total. The van der Waals surface area contributed by atoms with Crippen LogP contribution in [0.1, 0.15) is 17.0 Å². The van der Waals surface area contributed by atoms with Crippen molar-refractivity contribution in [3.63, 3.8) is 0 Å². The van der Waals surface area contributed by atoms with Gasteiger partial charge in [-0.15, -0.1) is 0 Å². The minimum absolute atomic E-state index is 0.0200. The van der Waals surface area contributed by atoms with E-state index in [2.05, 4.69) is 10.3 Å². The normalized spacial score (nSPS) is 11.4. The average Bonchev–Trinajstić information content (AvgIpc) is 3.16. The van der Waals surface area contributed by atoms with E-state index in [0.717, 1.165) is 5.56 Å². The first-order valence-corrected chi connectivity index (χ1v) is 11.8. The van der Waals surface area contributed by atoms with Gasteiger partial charge in [-0.2, -0.15) is 9.78 Å². The second-order valence-electron chi connectivity index (χ2n) is 7.82. The maximum absolute atomic E-state index is 13.6. The minimum Gasteiger partial charge on any atom is -0.495 e. The highest BCUT2D eigenvalue weighted by Gasteiger charge is 2.26. The van der Waals surface area contributed by atoms with E-state index in [9.17, 15) is 13.2 Å². The van der Waals surface area contributed by atoms with E-state index in [-0.39, 0.29) is 16.2 Å². The van der Waals surface area contributed by atoms with Crippen LogP contribution in [0.15, 0.2) is 68.8 Å². The molecule has 0 atom stereocenters. The first-order valence-electron chi connectivity index (χ1n) is 10.4. The van der Waals surface area contributed by atoms with E-state index < -0.39 is 10.0 Å².